The molecule has 13 heavy (non-hydrogen) atoms. The lowest BCUT2D eigenvalue weighted by atomic mass is 9.77. The van der Waals surface area contributed by atoms with E-state index in [1.807, 2.05) is 0 Å². The van der Waals surface area contributed by atoms with Gasteiger partial charge in [0.05, 0.1) is 0 Å². The maximum absolute atomic E-state index is 2.41. The monoisotopic (exact) mass is 170 g/mol. The van der Waals surface area contributed by atoms with Crippen LogP contribution < -0.4 is 0 Å². The van der Waals surface area contributed by atoms with Gasteiger partial charge in [-0.2, -0.15) is 0 Å². The first-order valence-corrected chi connectivity index (χ1v) is 5.19. The highest BCUT2D eigenvalue weighted by Gasteiger charge is 2.29. The van der Waals surface area contributed by atoms with E-state index < -0.39 is 0 Å². The van der Waals surface area contributed by atoms with Crippen LogP contribution in [0.3, 0.4) is 0 Å². The van der Waals surface area contributed by atoms with Crippen molar-refractivity contribution in [1.82, 2.24) is 0 Å². The van der Waals surface area contributed by atoms with Gasteiger partial charge in [-0.15, -0.1) is 0 Å². The molecule has 0 N–H and O–H groups in total. The van der Waals surface area contributed by atoms with Crippen molar-refractivity contribution in [2.45, 2.75) is 25.2 Å². The van der Waals surface area contributed by atoms with Gasteiger partial charge in [-0.3, -0.25) is 0 Å². The number of fused-ring (bicyclic) bond motifs is 3. The molecule has 0 nitrogen and oxygen atoms in total. The largest absolute Gasteiger partial charge is 0.0876 e. The maximum atomic E-state index is 2.41. The average molecular weight is 170 g/mol. The van der Waals surface area contributed by atoms with E-state index in [1.165, 1.54) is 19.3 Å². The molecule has 0 radical (unpaired) electrons. The number of rotatable bonds is 0. The second-order valence-electron chi connectivity index (χ2n) is 4.19. The number of hydrogen-bond acceptors (Lipinski definition) is 0. The second kappa shape index (κ2) is 2.73. The van der Waals surface area contributed by atoms with Crippen molar-refractivity contribution in [2.75, 3.05) is 0 Å². The molecular weight excluding hydrogens is 156 g/mol. The van der Waals surface area contributed by atoms with Gasteiger partial charge in [-0.1, -0.05) is 36.4 Å². The van der Waals surface area contributed by atoms with Crippen LogP contribution in [0, 0.1) is 5.92 Å². The predicted molar refractivity (Wildman–Crippen MR) is 54.8 cm³/mol. The van der Waals surface area contributed by atoms with Crippen LogP contribution >= 0.6 is 0 Å². The molecule has 0 saturated carbocycles. The van der Waals surface area contributed by atoms with Crippen LogP contribution in [0.2, 0.25) is 0 Å². The van der Waals surface area contributed by atoms with Crippen LogP contribution in [0.4, 0.5) is 0 Å². The third-order valence-electron chi connectivity index (χ3n) is 3.49. The first-order valence-electron chi connectivity index (χ1n) is 5.19. The summed E-state index contributed by atoms with van der Waals surface area (Å²) in [6.45, 7) is 0. The number of benzene rings is 1. The molecule has 0 amide bonds. The smallest absolute Gasteiger partial charge is 0.00520 e. The van der Waals surface area contributed by atoms with E-state index in [2.05, 4.69) is 36.4 Å². The van der Waals surface area contributed by atoms with Crippen molar-refractivity contribution in [2.24, 2.45) is 5.92 Å². The molecule has 0 aromatic heterocycles. The normalized spacial score (nSPS) is 29.8. The van der Waals surface area contributed by atoms with Gasteiger partial charge >= 0.3 is 0 Å². The molecule has 0 saturated heterocycles. The minimum atomic E-state index is 0.741. The zero-order valence-corrected chi connectivity index (χ0v) is 7.74. The fraction of sp³-hybridized carbons (Fsp3) is 0.385. The number of aryl methyl sites for hydroxylation is 1. The summed E-state index contributed by atoms with van der Waals surface area (Å²) in [6.07, 6.45) is 8.74. The molecule has 1 aromatic rings. The van der Waals surface area contributed by atoms with Crippen LogP contribution in [0.5, 0.6) is 0 Å². The van der Waals surface area contributed by atoms with Crippen LogP contribution in [0.25, 0.3) is 0 Å². The molecule has 2 aliphatic rings. The van der Waals surface area contributed by atoms with Crippen molar-refractivity contribution < 1.29 is 0 Å². The molecule has 2 atom stereocenters. The van der Waals surface area contributed by atoms with E-state index in [-0.39, 0.29) is 0 Å². The lowest BCUT2D eigenvalue weighted by molar-refractivity contribution is 0.444. The minimum absolute atomic E-state index is 0.741. The summed E-state index contributed by atoms with van der Waals surface area (Å²) < 4.78 is 0. The van der Waals surface area contributed by atoms with Gasteiger partial charge in [0.1, 0.15) is 0 Å². The first-order chi connectivity index (χ1) is 6.45. The summed E-state index contributed by atoms with van der Waals surface area (Å²) in [5, 5.41) is 0. The van der Waals surface area contributed by atoms with E-state index in [0.717, 1.165) is 11.8 Å². The van der Waals surface area contributed by atoms with E-state index in [9.17, 15) is 0 Å². The van der Waals surface area contributed by atoms with E-state index >= 15 is 0 Å². The van der Waals surface area contributed by atoms with Crippen molar-refractivity contribution in [1.29, 1.82) is 0 Å². The van der Waals surface area contributed by atoms with Gasteiger partial charge in [0.25, 0.3) is 0 Å². The highest BCUT2D eigenvalue weighted by atomic mass is 14.3. The van der Waals surface area contributed by atoms with E-state index in [0.29, 0.717) is 0 Å². The fourth-order valence-corrected chi connectivity index (χ4v) is 2.79. The van der Waals surface area contributed by atoms with Gasteiger partial charge in [0.15, 0.2) is 0 Å². The molecule has 3 rings (SSSR count). The van der Waals surface area contributed by atoms with Crippen molar-refractivity contribution in [3.8, 4) is 0 Å². The highest BCUT2D eigenvalue weighted by molar-refractivity contribution is 5.37. The Morgan fingerprint density at radius 1 is 1.15 bits per heavy atom. The summed E-state index contributed by atoms with van der Waals surface area (Å²) in [6, 6.07) is 8.94. The lowest BCUT2D eigenvalue weighted by Gasteiger charge is -2.27. The summed E-state index contributed by atoms with van der Waals surface area (Å²) in [5.74, 6) is 1.65. The van der Waals surface area contributed by atoms with Crippen LogP contribution in [0.15, 0.2) is 36.4 Å². The molecule has 0 aliphatic heterocycles. The standard InChI is InChI=1S/C13H14/c1-2-6-12-10(4-1)8-9-11-5-3-7-13(11)12/h1-4,6-7,11,13H,5,8-9H2. The average Bonchev–Trinajstić information content (AvgIpc) is 2.65. The Morgan fingerprint density at radius 2 is 2.08 bits per heavy atom. The Balaban J connectivity index is 2.10. The van der Waals surface area contributed by atoms with Crippen LogP contribution in [-0.2, 0) is 6.42 Å². The summed E-state index contributed by atoms with van der Waals surface area (Å²) in [7, 11) is 0. The Hall–Kier alpha value is -1.04. The minimum Gasteiger partial charge on any atom is -0.0876 e. The summed E-state index contributed by atoms with van der Waals surface area (Å²) in [5.41, 5.74) is 3.17. The number of hydrogen-bond donors (Lipinski definition) is 0. The zero-order chi connectivity index (χ0) is 8.67. The Labute approximate surface area is 79.3 Å². The van der Waals surface area contributed by atoms with E-state index in [1.54, 1.807) is 11.1 Å². The Kier molecular flexibility index (Phi) is 1.55. The molecule has 66 valence electrons. The lowest BCUT2D eigenvalue weighted by Crippen LogP contribution is -2.15. The van der Waals surface area contributed by atoms with Gasteiger partial charge < -0.3 is 0 Å². The third kappa shape index (κ3) is 1.05. The molecule has 0 heteroatoms. The molecule has 0 bridgehead atoms. The molecular formula is C13H14. The van der Waals surface area contributed by atoms with Crippen LogP contribution in [-0.4, -0.2) is 0 Å². The fourth-order valence-electron chi connectivity index (χ4n) is 2.79. The maximum Gasteiger partial charge on any atom is 0.00520 e. The summed E-state index contributed by atoms with van der Waals surface area (Å²) >= 11 is 0. The molecule has 0 fully saturated rings. The van der Waals surface area contributed by atoms with E-state index in [4.69, 9.17) is 0 Å². The molecule has 0 spiro atoms. The molecule has 2 aliphatic carbocycles. The van der Waals surface area contributed by atoms with Gasteiger partial charge in [-0.25, -0.2) is 0 Å². The van der Waals surface area contributed by atoms with Crippen molar-refractivity contribution in [3.63, 3.8) is 0 Å². The van der Waals surface area contributed by atoms with Crippen molar-refractivity contribution in [3.05, 3.63) is 47.5 Å². The predicted octanol–water partition coefficient (Wildman–Crippen LogP) is 3.29. The molecule has 1 aromatic carbocycles. The first kappa shape index (κ1) is 7.37. The Morgan fingerprint density at radius 3 is 3.08 bits per heavy atom. The van der Waals surface area contributed by atoms with Gasteiger partial charge in [0, 0.05) is 5.92 Å². The van der Waals surface area contributed by atoms with Crippen molar-refractivity contribution >= 4 is 0 Å². The SMILES string of the molecule is C1=CC2c3ccccc3CCC2C1. The zero-order valence-electron chi connectivity index (χ0n) is 7.74. The number of allylic oxidation sites excluding steroid dienone is 2. The summed E-state index contributed by atoms with van der Waals surface area (Å²) in [4.78, 5) is 0. The second-order valence-corrected chi connectivity index (χ2v) is 4.19. The molecule has 2 unspecified atom stereocenters. The molecule has 0 heterocycles. The highest BCUT2D eigenvalue weighted by Crippen LogP contribution is 2.42. The third-order valence-corrected chi connectivity index (χ3v) is 3.49. The van der Waals surface area contributed by atoms with Crippen LogP contribution in [0.1, 0.15) is 29.9 Å². The quantitative estimate of drug-likeness (QED) is 0.524. The topological polar surface area (TPSA) is 0 Å². The van der Waals surface area contributed by atoms with Gasteiger partial charge in [-0.05, 0) is 36.3 Å². The Bertz CT molecular complexity index is 349. The van der Waals surface area contributed by atoms with Gasteiger partial charge in [0.2, 0.25) is 0 Å².